The Morgan fingerprint density at radius 2 is 1.90 bits per heavy atom. The van der Waals surface area contributed by atoms with Crippen molar-refractivity contribution in [1.29, 1.82) is 0 Å². The van der Waals surface area contributed by atoms with Gasteiger partial charge in [-0.15, -0.1) is 11.3 Å². The van der Waals surface area contributed by atoms with Crippen molar-refractivity contribution in [3.63, 3.8) is 0 Å². The maximum absolute atomic E-state index is 12.4. The van der Waals surface area contributed by atoms with Crippen LogP contribution in [0.2, 0.25) is 0 Å². The summed E-state index contributed by atoms with van der Waals surface area (Å²) in [6.07, 6.45) is 0. The van der Waals surface area contributed by atoms with Gasteiger partial charge >= 0.3 is 6.03 Å². The number of amides is 3. The van der Waals surface area contributed by atoms with Crippen molar-refractivity contribution in [2.45, 2.75) is 0 Å². The number of thiophene rings is 1. The van der Waals surface area contributed by atoms with E-state index >= 15 is 0 Å². The molecule has 0 atom stereocenters. The molecule has 1 saturated heterocycles. The molecular formula is C20H26N4O4S. The van der Waals surface area contributed by atoms with Crippen LogP contribution < -0.4 is 20.1 Å². The van der Waals surface area contributed by atoms with E-state index in [-0.39, 0.29) is 11.9 Å². The third-order valence-corrected chi connectivity index (χ3v) is 5.62. The van der Waals surface area contributed by atoms with Crippen molar-refractivity contribution < 1.29 is 19.1 Å². The minimum atomic E-state index is -0.292. The lowest BCUT2D eigenvalue weighted by Crippen LogP contribution is -2.50. The molecule has 1 fully saturated rings. The molecule has 1 aliphatic rings. The quantitative estimate of drug-likeness (QED) is 0.721. The second-order valence-corrected chi connectivity index (χ2v) is 7.51. The minimum absolute atomic E-state index is 0.102. The highest BCUT2D eigenvalue weighted by atomic mass is 32.1. The summed E-state index contributed by atoms with van der Waals surface area (Å²) in [7, 11) is 3.12. The van der Waals surface area contributed by atoms with Crippen LogP contribution in [0.3, 0.4) is 0 Å². The van der Waals surface area contributed by atoms with E-state index in [0.717, 1.165) is 24.5 Å². The van der Waals surface area contributed by atoms with Crippen LogP contribution in [-0.2, 0) is 0 Å². The molecule has 2 heterocycles. The topological polar surface area (TPSA) is 83.1 Å². The molecule has 1 aliphatic heterocycles. The van der Waals surface area contributed by atoms with E-state index in [2.05, 4.69) is 15.5 Å². The number of hydrogen-bond acceptors (Lipinski definition) is 6. The predicted octanol–water partition coefficient (Wildman–Crippen LogP) is 2.34. The van der Waals surface area contributed by atoms with Gasteiger partial charge in [0, 0.05) is 45.3 Å². The van der Waals surface area contributed by atoms with E-state index in [4.69, 9.17) is 9.47 Å². The third-order valence-electron chi connectivity index (χ3n) is 4.76. The first kappa shape index (κ1) is 20.9. The van der Waals surface area contributed by atoms with Crippen LogP contribution in [-0.4, -0.2) is 75.2 Å². The number of methoxy groups -OCH3 is 2. The van der Waals surface area contributed by atoms with Gasteiger partial charge in [-0.05, 0) is 23.6 Å². The van der Waals surface area contributed by atoms with Gasteiger partial charge in [0.25, 0.3) is 5.91 Å². The zero-order valence-electron chi connectivity index (χ0n) is 16.6. The van der Waals surface area contributed by atoms with Crippen molar-refractivity contribution in [3.05, 3.63) is 40.6 Å². The van der Waals surface area contributed by atoms with Gasteiger partial charge < -0.3 is 25.0 Å². The zero-order valence-corrected chi connectivity index (χ0v) is 17.5. The smallest absolute Gasteiger partial charge is 0.319 e. The number of urea groups is 1. The van der Waals surface area contributed by atoms with Crippen molar-refractivity contribution >= 4 is 29.0 Å². The molecule has 3 rings (SSSR count). The van der Waals surface area contributed by atoms with Crippen molar-refractivity contribution in [2.24, 2.45) is 0 Å². The Bertz CT molecular complexity index is 820. The maximum atomic E-state index is 12.4. The lowest BCUT2D eigenvalue weighted by atomic mass is 10.2. The minimum Gasteiger partial charge on any atom is -0.497 e. The first-order valence-electron chi connectivity index (χ1n) is 9.42. The van der Waals surface area contributed by atoms with Crippen molar-refractivity contribution in [2.75, 3.05) is 58.8 Å². The van der Waals surface area contributed by atoms with Crippen LogP contribution in [0.15, 0.2) is 35.7 Å². The molecule has 9 heteroatoms. The number of carbonyl (C=O) groups is 2. The number of rotatable bonds is 7. The molecule has 0 unspecified atom stereocenters. The lowest BCUT2D eigenvalue weighted by Gasteiger charge is -2.34. The molecule has 156 valence electrons. The van der Waals surface area contributed by atoms with Crippen LogP contribution in [0.25, 0.3) is 0 Å². The summed E-state index contributed by atoms with van der Waals surface area (Å²) >= 11 is 1.47. The predicted molar refractivity (Wildman–Crippen MR) is 113 cm³/mol. The standard InChI is InChI=1S/C20H26N4O4S/c1-27-15-5-6-16(17(14-15)28-2)22-20(26)21-7-8-23-9-11-24(12-10-23)19(25)18-4-3-13-29-18/h3-6,13-14H,7-12H2,1-2H3,(H2,21,22,26). The number of carbonyl (C=O) groups excluding carboxylic acids is 2. The molecule has 0 saturated carbocycles. The lowest BCUT2D eigenvalue weighted by molar-refractivity contribution is 0.0644. The Hall–Kier alpha value is -2.78. The highest BCUT2D eigenvalue weighted by molar-refractivity contribution is 7.12. The van der Waals surface area contributed by atoms with E-state index in [1.807, 2.05) is 22.4 Å². The number of piperazine rings is 1. The van der Waals surface area contributed by atoms with E-state index in [0.29, 0.717) is 36.8 Å². The summed E-state index contributed by atoms with van der Waals surface area (Å²) in [5.74, 6) is 1.29. The Kier molecular flexibility index (Phi) is 7.31. The van der Waals surface area contributed by atoms with Crippen LogP contribution in [0.1, 0.15) is 9.67 Å². The summed E-state index contributed by atoms with van der Waals surface area (Å²) in [5, 5.41) is 7.56. The molecule has 1 aromatic heterocycles. The van der Waals surface area contributed by atoms with Crippen LogP contribution >= 0.6 is 11.3 Å². The fourth-order valence-corrected chi connectivity index (χ4v) is 3.82. The first-order valence-corrected chi connectivity index (χ1v) is 10.3. The average molecular weight is 419 g/mol. The Balaban J connectivity index is 1.38. The van der Waals surface area contributed by atoms with Crippen LogP contribution in [0.4, 0.5) is 10.5 Å². The van der Waals surface area contributed by atoms with Gasteiger partial charge in [0.15, 0.2) is 0 Å². The number of ether oxygens (including phenoxy) is 2. The van der Waals surface area contributed by atoms with Gasteiger partial charge in [0.05, 0.1) is 24.8 Å². The summed E-state index contributed by atoms with van der Waals surface area (Å²) < 4.78 is 10.4. The van der Waals surface area contributed by atoms with Crippen LogP contribution in [0.5, 0.6) is 11.5 Å². The van der Waals surface area contributed by atoms with Gasteiger partial charge in [-0.2, -0.15) is 0 Å². The summed E-state index contributed by atoms with van der Waals surface area (Å²) in [6, 6.07) is 8.68. The van der Waals surface area contributed by atoms with Gasteiger partial charge in [-0.25, -0.2) is 4.79 Å². The van der Waals surface area contributed by atoms with Gasteiger partial charge in [-0.3, -0.25) is 9.69 Å². The van der Waals surface area contributed by atoms with Gasteiger partial charge in [0.1, 0.15) is 11.5 Å². The Morgan fingerprint density at radius 1 is 1.10 bits per heavy atom. The molecule has 0 spiro atoms. The summed E-state index contributed by atoms with van der Waals surface area (Å²) in [4.78, 5) is 29.5. The molecule has 0 aliphatic carbocycles. The molecular weight excluding hydrogens is 392 g/mol. The number of nitrogens with zero attached hydrogens (tertiary/aromatic N) is 2. The monoisotopic (exact) mass is 418 g/mol. The molecule has 1 aromatic carbocycles. The van der Waals surface area contributed by atoms with E-state index < -0.39 is 0 Å². The van der Waals surface area contributed by atoms with E-state index in [9.17, 15) is 9.59 Å². The molecule has 2 N–H and O–H groups in total. The van der Waals surface area contributed by atoms with Gasteiger partial charge in [0.2, 0.25) is 0 Å². The van der Waals surface area contributed by atoms with E-state index in [1.165, 1.54) is 11.3 Å². The van der Waals surface area contributed by atoms with Crippen LogP contribution in [0, 0.1) is 0 Å². The van der Waals surface area contributed by atoms with Crippen molar-refractivity contribution in [1.82, 2.24) is 15.1 Å². The van der Waals surface area contributed by atoms with Gasteiger partial charge in [-0.1, -0.05) is 6.07 Å². The van der Waals surface area contributed by atoms with Crippen molar-refractivity contribution in [3.8, 4) is 11.5 Å². The molecule has 2 aromatic rings. The molecule has 8 nitrogen and oxygen atoms in total. The fraction of sp³-hybridized carbons (Fsp3) is 0.400. The average Bonchev–Trinajstić information content (AvgIpc) is 3.29. The van der Waals surface area contributed by atoms with E-state index in [1.54, 1.807) is 32.4 Å². The maximum Gasteiger partial charge on any atom is 0.319 e. The normalized spacial score (nSPS) is 14.3. The largest absolute Gasteiger partial charge is 0.497 e. The number of benzene rings is 1. The highest BCUT2D eigenvalue weighted by Crippen LogP contribution is 2.28. The molecule has 0 bridgehead atoms. The first-order chi connectivity index (χ1) is 14.1. The molecule has 0 radical (unpaired) electrons. The Labute approximate surface area is 174 Å². The number of hydrogen-bond donors (Lipinski definition) is 2. The Morgan fingerprint density at radius 3 is 2.55 bits per heavy atom. The second-order valence-electron chi connectivity index (χ2n) is 6.56. The highest BCUT2D eigenvalue weighted by Gasteiger charge is 2.22. The third kappa shape index (κ3) is 5.61. The molecule has 3 amide bonds. The fourth-order valence-electron chi connectivity index (χ4n) is 3.13. The number of nitrogens with one attached hydrogen (secondary N) is 2. The zero-order chi connectivity index (χ0) is 20.6. The second kappa shape index (κ2) is 10.1. The SMILES string of the molecule is COc1ccc(NC(=O)NCCN2CCN(C(=O)c3cccs3)CC2)c(OC)c1. The summed E-state index contributed by atoms with van der Waals surface area (Å²) in [6.45, 7) is 4.24. The number of anilines is 1. The summed E-state index contributed by atoms with van der Waals surface area (Å²) in [5.41, 5.74) is 0.575. The molecule has 29 heavy (non-hydrogen) atoms.